The third kappa shape index (κ3) is 3.27. The predicted molar refractivity (Wildman–Crippen MR) is 77.1 cm³/mol. The molecule has 0 saturated carbocycles. The first-order valence-corrected chi connectivity index (χ1v) is 6.65. The van der Waals surface area contributed by atoms with Crippen molar-refractivity contribution < 1.29 is 18.3 Å². The van der Waals surface area contributed by atoms with Crippen LogP contribution in [0.3, 0.4) is 0 Å². The minimum atomic E-state index is -0.900. The van der Waals surface area contributed by atoms with Crippen molar-refractivity contribution in [2.45, 2.75) is 26.7 Å². The Labute approximate surface area is 122 Å². The summed E-state index contributed by atoms with van der Waals surface area (Å²) in [4.78, 5) is 10.6. The van der Waals surface area contributed by atoms with Gasteiger partial charge < -0.3 is 4.74 Å². The highest BCUT2D eigenvalue weighted by atomic mass is 19.1. The van der Waals surface area contributed by atoms with E-state index in [1.54, 1.807) is 12.1 Å². The van der Waals surface area contributed by atoms with Crippen LogP contribution >= 0.6 is 0 Å². The second kappa shape index (κ2) is 6.04. The van der Waals surface area contributed by atoms with Crippen molar-refractivity contribution in [3.63, 3.8) is 0 Å². The minimum absolute atomic E-state index is 0.0660. The standard InChI is InChI=1S/C17H16F2O2/c1-10(2)14-5-4-13(6-11(14)3)21-17-15(18)7-12(9-20)8-16(17)19/h4-10H,1-3H3. The van der Waals surface area contributed by atoms with Crippen LogP contribution in [0.2, 0.25) is 0 Å². The van der Waals surface area contributed by atoms with Crippen LogP contribution in [0.5, 0.6) is 11.5 Å². The molecule has 0 bridgehead atoms. The van der Waals surface area contributed by atoms with Gasteiger partial charge in [0.05, 0.1) is 0 Å². The maximum absolute atomic E-state index is 13.8. The van der Waals surface area contributed by atoms with E-state index in [9.17, 15) is 13.6 Å². The van der Waals surface area contributed by atoms with Crippen molar-refractivity contribution in [3.8, 4) is 11.5 Å². The number of aldehydes is 1. The molecule has 0 aliphatic carbocycles. The van der Waals surface area contributed by atoms with Crippen molar-refractivity contribution in [1.82, 2.24) is 0 Å². The molecular formula is C17H16F2O2. The van der Waals surface area contributed by atoms with Crippen molar-refractivity contribution in [2.24, 2.45) is 0 Å². The molecule has 0 atom stereocenters. The number of ether oxygens (including phenoxy) is 1. The number of aryl methyl sites for hydroxylation is 1. The fourth-order valence-electron chi connectivity index (χ4n) is 2.22. The highest BCUT2D eigenvalue weighted by molar-refractivity contribution is 5.75. The monoisotopic (exact) mass is 290 g/mol. The van der Waals surface area contributed by atoms with Crippen LogP contribution in [0.1, 0.15) is 41.3 Å². The van der Waals surface area contributed by atoms with Crippen LogP contribution in [0.25, 0.3) is 0 Å². The third-order valence-electron chi connectivity index (χ3n) is 3.24. The Kier molecular flexibility index (Phi) is 4.36. The van der Waals surface area contributed by atoms with Crippen LogP contribution in [0.4, 0.5) is 8.78 Å². The lowest BCUT2D eigenvalue weighted by molar-refractivity contribution is 0.112. The Hall–Kier alpha value is -2.23. The van der Waals surface area contributed by atoms with E-state index in [4.69, 9.17) is 4.74 Å². The molecule has 2 aromatic rings. The lowest BCUT2D eigenvalue weighted by Gasteiger charge is -2.13. The average Bonchev–Trinajstić information content (AvgIpc) is 2.42. The Morgan fingerprint density at radius 1 is 1.10 bits per heavy atom. The number of hydrogen-bond acceptors (Lipinski definition) is 2. The quantitative estimate of drug-likeness (QED) is 0.740. The first-order chi connectivity index (χ1) is 9.92. The SMILES string of the molecule is Cc1cc(Oc2c(F)cc(C=O)cc2F)ccc1C(C)C. The maximum Gasteiger partial charge on any atom is 0.198 e. The number of hydrogen-bond donors (Lipinski definition) is 0. The zero-order valence-corrected chi connectivity index (χ0v) is 12.1. The molecule has 0 spiro atoms. The maximum atomic E-state index is 13.8. The molecule has 2 aromatic carbocycles. The molecule has 0 saturated heterocycles. The van der Waals surface area contributed by atoms with Crippen molar-refractivity contribution in [1.29, 1.82) is 0 Å². The second-order valence-electron chi connectivity index (χ2n) is 5.21. The molecule has 0 unspecified atom stereocenters. The highest BCUT2D eigenvalue weighted by Crippen LogP contribution is 2.30. The zero-order chi connectivity index (χ0) is 15.6. The van der Waals surface area contributed by atoms with Gasteiger partial charge in [-0.05, 0) is 48.2 Å². The van der Waals surface area contributed by atoms with Gasteiger partial charge in [-0.15, -0.1) is 0 Å². The molecule has 2 nitrogen and oxygen atoms in total. The number of rotatable bonds is 4. The number of carbonyl (C=O) groups excluding carboxylic acids is 1. The van der Waals surface area contributed by atoms with Crippen LogP contribution in [0, 0.1) is 18.6 Å². The molecule has 4 heteroatoms. The largest absolute Gasteiger partial charge is 0.451 e. The van der Waals surface area contributed by atoms with Gasteiger partial charge in [0.1, 0.15) is 12.0 Å². The normalized spacial score (nSPS) is 10.8. The molecule has 0 amide bonds. The lowest BCUT2D eigenvalue weighted by atomic mass is 9.98. The fraction of sp³-hybridized carbons (Fsp3) is 0.235. The Morgan fingerprint density at radius 2 is 1.71 bits per heavy atom. The van der Waals surface area contributed by atoms with E-state index in [1.807, 2.05) is 13.0 Å². The van der Waals surface area contributed by atoms with Crippen molar-refractivity contribution in [3.05, 3.63) is 58.7 Å². The molecule has 0 fully saturated rings. The third-order valence-corrected chi connectivity index (χ3v) is 3.24. The van der Waals surface area contributed by atoms with E-state index in [1.165, 1.54) is 0 Å². The van der Waals surface area contributed by atoms with Gasteiger partial charge in [-0.1, -0.05) is 19.9 Å². The molecular weight excluding hydrogens is 274 g/mol. The van der Waals surface area contributed by atoms with Crippen molar-refractivity contribution in [2.75, 3.05) is 0 Å². The summed E-state index contributed by atoms with van der Waals surface area (Å²) in [5.41, 5.74) is 2.08. The number of halogens is 2. The van der Waals surface area contributed by atoms with E-state index in [-0.39, 0.29) is 5.56 Å². The molecule has 0 aromatic heterocycles. The lowest BCUT2D eigenvalue weighted by Crippen LogP contribution is -1.97. The summed E-state index contributed by atoms with van der Waals surface area (Å²) in [5.74, 6) is -1.59. The number of benzene rings is 2. The molecule has 2 rings (SSSR count). The summed E-state index contributed by atoms with van der Waals surface area (Å²) < 4.78 is 32.8. The Morgan fingerprint density at radius 3 is 2.19 bits per heavy atom. The van der Waals surface area contributed by atoms with Crippen molar-refractivity contribution >= 4 is 6.29 Å². The summed E-state index contributed by atoms with van der Waals surface area (Å²) in [6.45, 7) is 6.06. The molecule has 0 radical (unpaired) electrons. The minimum Gasteiger partial charge on any atom is -0.451 e. The van der Waals surface area contributed by atoms with Gasteiger partial charge in [0, 0.05) is 5.56 Å². The van der Waals surface area contributed by atoms with E-state index in [2.05, 4.69) is 13.8 Å². The summed E-state index contributed by atoms with van der Waals surface area (Å²) in [6.07, 6.45) is 0.386. The van der Waals surface area contributed by atoms with Gasteiger partial charge in [-0.3, -0.25) is 4.79 Å². The summed E-state index contributed by atoms with van der Waals surface area (Å²) in [6, 6.07) is 7.18. The van der Waals surface area contributed by atoms with Gasteiger partial charge in [-0.25, -0.2) is 8.78 Å². The van der Waals surface area contributed by atoms with Gasteiger partial charge in [0.2, 0.25) is 0 Å². The molecule has 0 aliphatic rings. The van der Waals surface area contributed by atoms with Crippen LogP contribution in [0.15, 0.2) is 30.3 Å². The summed E-state index contributed by atoms with van der Waals surface area (Å²) >= 11 is 0. The smallest absolute Gasteiger partial charge is 0.198 e. The van der Waals surface area contributed by atoms with E-state index in [0.29, 0.717) is 18.0 Å². The predicted octanol–water partition coefficient (Wildman–Crippen LogP) is 5.00. The fourth-order valence-corrected chi connectivity index (χ4v) is 2.22. The first kappa shape index (κ1) is 15.2. The van der Waals surface area contributed by atoms with Gasteiger partial charge in [-0.2, -0.15) is 0 Å². The Balaban J connectivity index is 2.35. The molecule has 21 heavy (non-hydrogen) atoms. The summed E-state index contributed by atoms with van der Waals surface area (Å²) in [7, 11) is 0. The average molecular weight is 290 g/mol. The highest BCUT2D eigenvalue weighted by Gasteiger charge is 2.14. The zero-order valence-electron chi connectivity index (χ0n) is 12.1. The van der Waals surface area contributed by atoms with Gasteiger partial charge in [0.15, 0.2) is 17.4 Å². The van der Waals surface area contributed by atoms with Gasteiger partial charge >= 0.3 is 0 Å². The molecule has 0 aliphatic heterocycles. The molecule has 110 valence electrons. The molecule has 0 heterocycles. The first-order valence-electron chi connectivity index (χ1n) is 6.65. The van der Waals surface area contributed by atoms with E-state index < -0.39 is 17.4 Å². The summed E-state index contributed by atoms with van der Waals surface area (Å²) in [5, 5.41) is 0. The van der Waals surface area contributed by atoms with Gasteiger partial charge in [0.25, 0.3) is 0 Å². The topological polar surface area (TPSA) is 26.3 Å². The molecule has 0 N–H and O–H groups in total. The van der Waals surface area contributed by atoms with E-state index >= 15 is 0 Å². The Bertz CT molecular complexity index is 655. The second-order valence-corrected chi connectivity index (χ2v) is 5.21. The van der Waals surface area contributed by atoms with E-state index in [0.717, 1.165) is 23.3 Å². The van der Waals surface area contributed by atoms with Crippen LogP contribution in [-0.2, 0) is 0 Å². The van der Waals surface area contributed by atoms with Crippen LogP contribution in [-0.4, -0.2) is 6.29 Å². The number of carbonyl (C=O) groups is 1. The van der Waals surface area contributed by atoms with Crippen LogP contribution < -0.4 is 4.74 Å².